The molecule has 140 valence electrons. The molecule has 0 spiro atoms. The summed E-state index contributed by atoms with van der Waals surface area (Å²) in [5, 5.41) is 7.08. The number of amides is 1. The molecule has 27 heavy (non-hydrogen) atoms. The summed E-state index contributed by atoms with van der Waals surface area (Å²) < 4.78 is 38.8. The lowest BCUT2D eigenvalue weighted by Crippen LogP contribution is -2.39. The van der Waals surface area contributed by atoms with Crippen LogP contribution in [0.3, 0.4) is 0 Å². The van der Waals surface area contributed by atoms with Crippen LogP contribution in [-0.2, 0) is 6.18 Å². The highest BCUT2D eigenvalue weighted by molar-refractivity contribution is 5.94. The van der Waals surface area contributed by atoms with E-state index in [1.54, 1.807) is 17.3 Å². The number of hydrogen-bond acceptors (Lipinski definition) is 4. The monoisotopic (exact) mass is 375 g/mol. The number of aromatic nitrogens is 4. The molecule has 3 heterocycles. The number of H-pyrrole nitrogens is 1. The van der Waals surface area contributed by atoms with E-state index in [2.05, 4.69) is 20.2 Å². The first-order valence-corrected chi connectivity index (χ1v) is 8.55. The highest BCUT2D eigenvalue weighted by Gasteiger charge is 2.32. The molecule has 1 aliphatic heterocycles. The van der Waals surface area contributed by atoms with Gasteiger partial charge in [0.25, 0.3) is 5.91 Å². The number of nitrogens with one attached hydrogen (secondary N) is 1. The summed E-state index contributed by atoms with van der Waals surface area (Å²) in [6.07, 6.45) is 0.234. The fraction of sp³-hybridized carbons (Fsp3) is 0.333. The molecule has 9 heteroatoms. The number of fused-ring (bicyclic) bond motifs is 1. The molecule has 1 aromatic carbocycles. The Bertz CT molecular complexity index is 984. The molecule has 4 rings (SSSR count). The van der Waals surface area contributed by atoms with E-state index in [0.29, 0.717) is 24.3 Å². The Hall–Kier alpha value is -2.97. The van der Waals surface area contributed by atoms with Gasteiger partial charge in [0.05, 0.1) is 11.3 Å². The zero-order valence-corrected chi connectivity index (χ0v) is 14.2. The van der Waals surface area contributed by atoms with Gasteiger partial charge in [-0.15, -0.1) is 0 Å². The van der Waals surface area contributed by atoms with Crippen LogP contribution in [0.1, 0.15) is 40.4 Å². The van der Waals surface area contributed by atoms with Crippen molar-refractivity contribution in [2.45, 2.75) is 24.9 Å². The minimum atomic E-state index is -4.48. The third-order valence-electron chi connectivity index (χ3n) is 4.77. The predicted octanol–water partition coefficient (Wildman–Crippen LogP) is 3.39. The largest absolute Gasteiger partial charge is 0.416 e. The van der Waals surface area contributed by atoms with Crippen LogP contribution < -0.4 is 0 Å². The van der Waals surface area contributed by atoms with Crippen molar-refractivity contribution in [3.8, 4) is 0 Å². The van der Waals surface area contributed by atoms with Crippen LogP contribution in [-0.4, -0.2) is 44.1 Å². The summed E-state index contributed by atoms with van der Waals surface area (Å²) in [4.78, 5) is 22.8. The topological polar surface area (TPSA) is 74.8 Å². The van der Waals surface area contributed by atoms with E-state index in [9.17, 15) is 18.0 Å². The first kappa shape index (κ1) is 17.4. The van der Waals surface area contributed by atoms with Crippen LogP contribution >= 0.6 is 0 Å². The zero-order chi connectivity index (χ0) is 19.0. The highest BCUT2D eigenvalue weighted by Crippen LogP contribution is 2.32. The number of benzene rings is 1. The lowest BCUT2D eigenvalue weighted by molar-refractivity contribution is -0.137. The van der Waals surface area contributed by atoms with E-state index >= 15 is 0 Å². The Morgan fingerprint density at radius 2 is 2.04 bits per heavy atom. The number of halogens is 3. The van der Waals surface area contributed by atoms with Crippen molar-refractivity contribution in [1.82, 2.24) is 25.1 Å². The Morgan fingerprint density at radius 3 is 2.85 bits per heavy atom. The smallest absolute Gasteiger partial charge is 0.338 e. The zero-order valence-electron chi connectivity index (χ0n) is 14.2. The number of likely N-dealkylation sites (tertiary alicyclic amines) is 1. The third-order valence-corrected chi connectivity index (χ3v) is 4.77. The van der Waals surface area contributed by atoms with Crippen LogP contribution in [0.2, 0.25) is 0 Å². The normalized spacial score (nSPS) is 18.0. The molecular formula is C18H16F3N5O. The predicted molar refractivity (Wildman–Crippen MR) is 91.0 cm³/mol. The van der Waals surface area contributed by atoms with Crippen LogP contribution in [0.4, 0.5) is 13.2 Å². The molecule has 1 atom stereocenters. The molecule has 6 nitrogen and oxygen atoms in total. The average molecular weight is 375 g/mol. The molecule has 0 radical (unpaired) electrons. The Kier molecular flexibility index (Phi) is 4.29. The van der Waals surface area contributed by atoms with Crippen molar-refractivity contribution in [3.05, 3.63) is 53.5 Å². The van der Waals surface area contributed by atoms with Gasteiger partial charge in [0, 0.05) is 37.0 Å². The number of piperidine rings is 1. The second-order valence-electron chi connectivity index (χ2n) is 6.53. The van der Waals surface area contributed by atoms with E-state index in [0.717, 1.165) is 30.7 Å². The molecule has 0 unspecified atom stereocenters. The van der Waals surface area contributed by atoms with E-state index in [4.69, 9.17) is 0 Å². The fourth-order valence-electron chi connectivity index (χ4n) is 3.46. The maximum atomic E-state index is 12.9. The van der Waals surface area contributed by atoms with Gasteiger partial charge in [-0.25, -0.2) is 9.97 Å². The number of aromatic amines is 1. The van der Waals surface area contributed by atoms with Crippen molar-refractivity contribution in [2.75, 3.05) is 13.1 Å². The molecule has 0 aliphatic carbocycles. The molecular weight excluding hydrogens is 359 g/mol. The van der Waals surface area contributed by atoms with Crippen LogP contribution in [0.25, 0.3) is 11.2 Å². The van der Waals surface area contributed by atoms with Crippen molar-refractivity contribution in [1.29, 1.82) is 0 Å². The summed E-state index contributed by atoms with van der Waals surface area (Å²) in [5.74, 6) is -0.420. The number of carbonyl (C=O) groups excluding carboxylic acids is 1. The van der Waals surface area contributed by atoms with Gasteiger partial charge in [0.2, 0.25) is 0 Å². The van der Waals surface area contributed by atoms with Crippen molar-refractivity contribution in [2.24, 2.45) is 0 Å². The van der Waals surface area contributed by atoms with Gasteiger partial charge >= 0.3 is 6.18 Å². The summed E-state index contributed by atoms with van der Waals surface area (Å²) >= 11 is 0. The second-order valence-corrected chi connectivity index (χ2v) is 6.53. The molecule has 1 fully saturated rings. The Morgan fingerprint density at radius 1 is 1.22 bits per heavy atom. The summed E-state index contributed by atoms with van der Waals surface area (Å²) in [6.45, 7) is 0.895. The van der Waals surface area contributed by atoms with Crippen molar-refractivity contribution < 1.29 is 18.0 Å². The van der Waals surface area contributed by atoms with Gasteiger partial charge in [-0.3, -0.25) is 9.89 Å². The molecule has 1 N–H and O–H groups in total. The van der Waals surface area contributed by atoms with E-state index in [-0.39, 0.29) is 11.5 Å². The number of rotatable bonds is 2. The molecule has 1 amide bonds. The lowest BCUT2D eigenvalue weighted by Gasteiger charge is -2.32. The van der Waals surface area contributed by atoms with Crippen LogP contribution in [0.5, 0.6) is 0 Å². The van der Waals surface area contributed by atoms with Gasteiger partial charge in [-0.2, -0.15) is 18.3 Å². The number of carbonyl (C=O) groups is 1. The maximum absolute atomic E-state index is 12.9. The van der Waals surface area contributed by atoms with Crippen molar-refractivity contribution in [3.63, 3.8) is 0 Å². The first-order chi connectivity index (χ1) is 12.9. The SMILES string of the molecule is O=C(c1cccc(C(F)(F)F)c1)N1CCC[C@H](c2[nH]nc3nccnc23)C1. The average Bonchev–Trinajstić information content (AvgIpc) is 3.11. The summed E-state index contributed by atoms with van der Waals surface area (Å²) in [7, 11) is 0. The minimum Gasteiger partial charge on any atom is -0.338 e. The van der Waals surface area contributed by atoms with Gasteiger partial charge in [-0.1, -0.05) is 6.07 Å². The van der Waals surface area contributed by atoms with Gasteiger partial charge in [0.1, 0.15) is 5.52 Å². The van der Waals surface area contributed by atoms with Gasteiger partial charge in [0.15, 0.2) is 5.65 Å². The van der Waals surface area contributed by atoms with Gasteiger partial charge < -0.3 is 4.90 Å². The fourth-order valence-corrected chi connectivity index (χ4v) is 3.46. The molecule has 3 aromatic rings. The molecule has 0 bridgehead atoms. The Balaban J connectivity index is 1.57. The second kappa shape index (κ2) is 6.64. The van der Waals surface area contributed by atoms with E-state index < -0.39 is 17.6 Å². The van der Waals surface area contributed by atoms with Gasteiger partial charge in [-0.05, 0) is 31.0 Å². The quantitative estimate of drug-likeness (QED) is 0.745. The molecule has 2 aromatic heterocycles. The van der Waals surface area contributed by atoms with Crippen molar-refractivity contribution >= 4 is 17.1 Å². The Labute approximate surface area is 152 Å². The first-order valence-electron chi connectivity index (χ1n) is 8.55. The third kappa shape index (κ3) is 3.36. The highest BCUT2D eigenvalue weighted by atomic mass is 19.4. The summed E-state index contributed by atoms with van der Waals surface area (Å²) in [5.41, 5.74) is 1.20. The van der Waals surface area contributed by atoms with Crippen LogP contribution in [0, 0.1) is 0 Å². The number of hydrogen-bond donors (Lipinski definition) is 1. The standard InChI is InChI=1S/C18H16F3N5O/c19-18(20,21)13-5-1-3-11(9-13)17(27)26-8-2-4-12(10-26)14-15-16(25-24-14)23-7-6-22-15/h1,3,5-7,9,12H,2,4,8,10H2,(H,23,24,25)/t12-/m0/s1. The van der Waals surface area contributed by atoms with Crippen LogP contribution in [0.15, 0.2) is 36.7 Å². The minimum absolute atomic E-state index is 0.0183. The molecule has 0 saturated carbocycles. The maximum Gasteiger partial charge on any atom is 0.416 e. The number of nitrogens with zero attached hydrogens (tertiary/aromatic N) is 4. The lowest BCUT2D eigenvalue weighted by atomic mass is 9.93. The molecule has 1 saturated heterocycles. The van der Waals surface area contributed by atoms with E-state index in [1.807, 2.05) is 0 Å². The summed E-state index contributed by atoms with van der Waals surface area (Å²) in [6, 6.07) is 4.54. The van der Waals surface area contributed by atoms with E-state index in [1.165, 1.54) is 12.1 Å². The molecule has 1 aliphatic rings. The number of alkyl halides is 3.